The Morgan fingerprint density at radius 2 is 1.75 bits per heavy atom. The molecule has 0 amide bonds. The van der Waals surface area contributed by atoms with Crippen LogP contribution in [0.5, 0.6) is 5.88 Å². The van der Waals surface area contributed by atoms with Gasteiger partial charge in [-0.3, -0.25) is 0 Å². The predicted molar refractivity (Wildman–Crippen MR) is 91.6 cm³/mol. The van der Waals surface area contributed by atoms with E-state index in [9.17, 15) is 0 Å². The molecule has 0 saturated carbocycles. The fourth-order valence-corrected chi connectivity index (χ4v) is 2.54. The lowest BCUT2D eigenvalue weighted by atomic mass is 10.1. The Morgan fingerprint density at radius 3 is 2.58 bits per heavy atom. The third kappa shape index (κ3) is 2.60. The van der Waals surface area contributed by atoms with Crippen LogP contribution in [0.25, 0.3) is 33.7 Å². The minimum atomic E-state index is 0.468. The molecular formula is C19H15N3O2. The van der Waals surface area contributed by atoms with Gasteiger partial charge in [-0.05, 0) is 31.2 Å². The van der Waals surface area contributed by atoms with Crippen LogP contribution in [0.4, 0.5) is 0 Å². The van der Waals surface area contributed by atoms with Crippen LogP contribution in [0.3, 0.4) is 0 Å². The third-order valence-electron chi connectivity index (χ3n) is 3.66. The molecular weight excluding hydrogens is 302 g/mol. The summed E-state index contributed by atoms with van der Waals surface area (Å²) in [6, 6.07) is 19.5. The van der Waals surface area contributed by atoms with Crippen LogP contribution in [0.1, 0.15) is 6.92 Å². The Hall–Kier alpha value is -3.21. The van der Waals surface area contributed by atoms with Gasteiger partial charge in [-0.2, -0.15) is 4.98 Å². The molecule has 2 aromatic heterocycles. The lowest BCUT2D eigenvalue weighted by Crippen LogP contribution is -1.98. The van der Waals surface area contributed by atoms with Crippen LogP contribution in [-0.2, 0) is 0 Å². The van der Waals surface area contributed by atoms with Crippen molar-refractivity contribution in [2.45, 2.75) is 6.92 Å². The molecule has 2 heterocycles. The monoisotopic (exact) mass is 317 g/mol. The first-order valence-electron chi connectivity index (χ1n) is 7.77. The number of rotatable bonds is 4. The molecule has 0 N–H and O–H groups in total. The van der Waals surface area contributed by atoms with Crippen molar-refractivity contribution in [1.82, 2.24) is 15.1 Å². The molecule has 0 bridgehead atoms. The van der Waals surface area contributed by atoms with Crippen molar-refractivity contribution < 1.29 is 9.26 Å². The van der Waals surface area contributed by atoms with E-state index in [0.717, 1.165) is 22.0 Å². The van der Waals surface area contributed by atoms with E-state index in [4.69, 9.17) is 9.26 Å². The van der Waals surface area contributed by atoms with Gasteiger partial charge in [0.15, 0.2) is 0 Å². The molecule has 4 rings (SSSR count). The van der Waals surface area contributed by atoms with E-state index < -0.39 is 0 Å². The highest BCUT2D eigenvalue weighted by molar-refractivity contribution is 5.85. The molecule has 0 unspecified atom stereocenters. The fourth-order valence-electron chi connectivity index (χ4n) is 2.54. The zero-order valence-electron chi connectivity index (χ0n) is 13.1. The molecule has 5 heteroatoms. The summed E-state index contributed by atoms with van der Waals surface area (Å²) < 4.78 is 11.1. The second kappa shape index (κ2) is 6.12. The summed E-state index contributed by atoms with van der Waals surface area (Å²) in [7, 11) is 0. The van der Waals surface area contributed by atoms with E-state index in [1.165, 1.54) is 0 Å². The normalized spacial score (nSPS) is 10.9. The molecule has 0 saturated heterocycles. The van der Waals surface area contributed by atoms with E-state index >= 15 is 0 Å². The maximum Gasteiger partial charge on any atom is 0.258 e. The van der Waals surface area contributed by atoms with E-state index in [1.54, 1.807) is 0 Å². The van der Waals surface area contributed by atoms with Crippen LogP contribution < -0.4 is 4.74 Å². The first kappa shape index (κ1) is 14.4. The van der Waals surface area contributed by atoms with Crippen molar-refractivity contribution in [3.05, 3.63) is 60.7 Å². The van der Waals surface area contributed by atoms with Crippen LogP contribution in [0.15, 0.2) is 65.2 Å². The highest BCUT2D eigenvalue weighted by Gasteiger charge is 2.17. The topological polar surface area (TPSA) is 61.0 Å². The molecule has 4 aromatic rings. The van der Waals surface area contributed by atoms with Gasteiger partial charge in [0.05, 0.1) is 17.7 Å². The van der Waals surface area contributed by atoms with Gasteiger partial charge in [0.25, 0.3) is 5.89 Å². The predicted octanol–water partition coefficient (Wildman–Crippen LogP) is 4.35. The van der Waals surface area contributed by atoms with Gasteiger partial charge < -0.3 is 9.26 Å². The van der Waals surface area contributed by atoms with Gasteiger partial charge in [0, 0.05) is 10.9 Å². The molecule has 0 aliphatic carbocycles. The lowest BCUT2D eigenvalue weighted by molar-refractivity contribution is 0.329. The minimum Gasteiger partial charge on any atom is -0.477 e. The first-order valence-corrected chi connectivity index (χ1v) is 7.77. The van der Waals surface area contributed by atoms with E-state index in [0.29, 0.717) is 24.2 Å². The van der Waals surface area contributed by atoms with Crippen LogP contribution in [-0.4, -0.2) is 21.7 Å². The van der Waals surface area contributed by atoms with Gasteiger partial charge in [-0.25, -0.2) is 4.98 Å². The SMILES string of the molecule is CCOc1nc2ccccc2cc1-c1noc(-c2ccccc2)n1. The Morgan fingerprint density at radius 1 is 0.958 bits per heavy atom. The quantitative estimate of drug-likeness (QED) is 0.560. The summed E-state index contributed by atoms with van der Waals surface area (Å²) in [5, 5.41) is 5.11. The summed E-state index contributed by atoms with van der Waals surface area (Å²) in [4.78, 5) is 9.08. The molecule has 2 aromatic carbocycles. The highest BCUT2D eigenvalue weighted by atomic mass is 16.5. The number of ether oxygens (including phenoxy) is 1. The van der Waals surface area contributed by atoms with Crippen molar-refractivity contribution in [2.75, 3.05) is 6.61 Å². The average molecular weight is 317 g/mol. The van der Waals surface area contributed by atoms with Crippen LogP contribution in [0, 0.1) is 0 Å². The molecule has 118 valence electrons. The van der Waals surface area contributed by atoms with Crippen LogP contribution in [0.2, 0.25) is 0 Å². The number of nitrogens with zero attached hydrogens (tertiary/aromatic N) is 3. The maximum absolute atomic E-state index is 5.68. The van der Waals surface area contributed by atoms with E-state index in [-0.39, 0.29) is 0 Å². The number of benzene rings is 2. The van der Waals surface area contributed by atoms with Gasteiger partial charge in [0.2, 0.25) is 11.7 Å². The minimum absolute atomic E-state index is 0.468. The maximum atomic E-state index is 5.68. The van der Waals surface area contributed by atoms with Crippen molar-refractivity contribution in [3.63, 3.8) is 0 Å². The number of fused-ring (bicyclic) bond motifs is 1. The molecule has 0 fully saturated rings. The zero-order chi connectivity index (χ0) is 16.4. The summed E-state index contributed by atoms with van der Waals surface area (Å²) in [5.74, 6) is 1.45. The molecule has 24 heavy (non-hydrogen) atoms. The lowest BCUT2D eigenvalue weighted by Gasteiger charge is -2.08. The molecule has 0 atom stereocenters. The largest absolute Gasteiger partial charge is 0.477 e. The van der Waals surface area contributed by atoms with Crippen LogP contribution >= 0.6 is 0 Å². The molecule has 0 radical (unpaired) electrons. The second-order valence-electron chi connectivity index (χ2n) is 5.26. The van der Waals surface area contributed by atoms with Crippen molar-refractivity contribution in [3.8, 4) is 28.7 Å². The second-order valence-corrected chi connectivity index (χ2v) is 5.26. The van der Waals surface area contributed by atoms with Gasteiger partial charge in [-0.15, -0.1) is 0 Å². The van der Waals surface area contributed by atoms with Gasteiger partial charge >= 0.3 is 0 Å². The van der Waals surface area contributed by atoms with Gasteiger partial charge in [-0.1, -0.05) is 41.6 Å². The van der Waals surface area contributed by atoms with Crippen molar-refractivity contribution in [1.29, 1.82) is 0 Å². The van der Waals surface area contributed by atoms with E-state index in [2.05, 4.69) is 15.1 Å². The Balaban J connectivity index is 1.83. The standard InChI is InChI=1S/C19H15N3O2/c1-2-23-19-15(12-14-10-6-7-11-16(14)20-19)17-21-18(24-22-17)13-8-4-3-5-9-13/h3-12H,2H2,1H3. The Labute approximate surface area is 138 Å². The number of pyridine rings is 1. The Kier molecular flexibility index (Phi) is 3.67. The van der Waals surface area contributed by atoms with Crippen molar-refractivity contribution >= 4 is 10.9 Å². The molecule has 5 nitrogen and oxygen atoms in total. The summed E-state index contributed by atoms with van der Waals surface area (Å²) in [6.45, 7) is 2.44. The van der Waals surface area contributed by atoms with Gasteiger partial charge in [0.1, 0.15) is 0 Å². The molecule has 0 aliphatic heterocycles. The summed E-state index contributed by atoms with van der Waals surface area (Å²) >= 11 is 0. The third-order valence-corrected chi connectivity index (χ3v) is 3.66. The first-order chi connectivity index (χ1) is 11.8. The highest BCUT2D eigenvalue weighted by Crippen LogP contribution is 2.31. The van der Waals surface area contributed by atoms with E-state index in [1.807, 2.05) is 67.6 Å². The number of hydrogen-bond donors (Lipinski definition) is 0. The fraction of sp³-hybridized carbons (Fsp3) is 0.105. The number of aromatic nitrogens is 3. The number of hydrogen-bond acceptors (Lipinski definition) is 5. The molecule has 0 spiro atoms. The average Bonchev–Trinajstić information content (AvgIpc) is 3.12. The summed E-state index contributed by atoms with van der Waals surface area (Å²) in [5.41, 5.74) is 2.47. The Bertz CT molecular complexity index is 980. The smallest absolute Gasteiger partial charge is 0.258 e. The molecule has 0 aliphatic rings. The number of para-hydroxylation sites is 1. The summed E-state index contributed by atoms with van der Waals surface area (Å²) in [6.07, 6.45) is 0. The zero-order valence-corrected chi connectivity index (χ0v) is 13.1. The van der Waals surface area contributed by atoms with Crippen molar-refractivity contribution in [2.24, 2.45) is 0 Å².